The highest BCUT2D eigenvalue weighted by Crippen LogP contribution is 1.79. The van der Waals surface area contributed by atoms with Crippen molar-refractivity contribution in [3.8, 4) is 0 Å². The fourth-order valence-corrected chi connectivity index (χ4v) is 0.307. The molecule has 0 saturated carbocycles. The van der Waals surface area contributed by atoms with Crippen molar-refractivity contribution in [3.05, 3.63) is 5.82 Å². The van der Waals surface area contributed by atoms with Gasteiger partial charge in [0.05, 0.1) is 6.98 Å². The Labute approximate surface area is 50.2 Å². The first-order valence-electron chi connectivity index (χ1n) is 3.44. The zero-order valence-corrected chi connectivity index (χ0v) is 3.94. The van der Waals surface area contributed by atoms with Gasteiger partial charge in [0.1, 0.15) is 6.61 Å². The summed E-state index contributed by atoms with van der Waals surface area (Å²) in [6.07, 6.45) is 0. The number of hydrogen-bond acceptors (Lipinski definition) is 4. The van der Waals surface area contributed by atoms with Crippen LogP contribution in [-0.2, 0) is 13.6 Å². The van der Waals surface area contributed by atoms with Crippen LogP contribution in [0.5, 0.6) is 0 Å². The van der Waals surface area contributed by atoms with Crippen molar-refractivity contribution < 1.29 is 9.22 Å². The van der Waals surface area contributed by atoms with E-state index in [1.54, 1.807) is 0 Å². The van der Waals surface area contributed by atoms with Gasteiger partial charge in [-0.1, -0.05) is 0 Å². The Kier molecular flexibility index (Phi) is 0.594. The number of tetrazole rings is 1. The molecular weight excluding hydrogens is 108 g/mol. The molecule has 44 valence electrons. The van der Waals surface area contributed by atoms with Crippen molar-refractivity contribution in [3.63, 3.8) is 0 Å². The van der Waals surface area contributed by atoms with Crippen LogP contribution in [0, 0.1) is 0 Å². The maximum atomic E-state index is 8.45. The van der Waals surface area contributed by atoms with E-state index in [2.05, 4.69) is 15.4 Å². The van der Waals surface area contributed by atoms with Crippen molar-refractivity contribution in [2.45, 2.75) is 6.61 Å². The zero-order valence-electron chi connectivity index (χ0n) is 6.94. The Balaban J connectivity index is 2.89. The van der Waals surface area contributed by atoms with Crippen molar-refractivity contribution in [1.29, 1.82) is 0 Å². The topological polar surface area (TPSA) is 63.8 Å². The predicted molar refractivity (Wildman–Crippen MR) is 24.7 cm³/mol. The fraction of sp³-hybridized carbons (Fsp3) is 0.667. The lowest BCUT2D eigenvalue weighted by atomic mass is 10.7. The summed E-state index contributed by atoms with van der Waals surface area (Å²) in [6, 6.07) is 0. The first kappa shape index (κ1) is 2.54. The highest BCUT2D eigenvalue weighted by atomic mass is 16.3. The third-order valence-electron chi connectivity index (χ3n) is 0.596. The van der Waals surface area contributed by atoms with Crippen molar-refractivity contribution in [1.82, 2.24) is 20.2 Å². The molecule has 5 nitrogen and oxygen atoms in total. The molecule has 8 heavy (non-hydrogen) atoms. The SMILES string of the molecule is [2H]C([2H])([2H])n1nnc(CO)n1. The van der Waals surface area contributed by atoms with E-state index in [4.69, 9.17) is 9.22 Å². The minimum atomic E-state index is -2.42. The summed E-state index contributed by atoms with van der Waals surface area (Å²) in [4.78, 5) is 0.485. The van der Waals surface area contributed by atoms with Gasteiger partial charge >= 0.3 is 0 Å². The molecule has 1 aromatic rings. The smallest absolute Gasteiger partial charge is 0.200 e. The van der Waals surface area contributed by atoms with Gasteiger partial charge in [-0.3, -0.25) is 0 Å². The third-order valence-corrected chi connectivity index (χ3v) is 0.596. The van der Waals surface area contributed by atoms with Crippen LogP contribution in [0.3, 0.4) is 0 Å². The highest BCUT2D eigenvalue weighted by Gasteiger charge is 1.93. The van der Waals surface area contributed by atoms with E-state index >= 15 is 0 Å². The quantitative estimate of drug-likeness (QED) is 0.496. The molecular formula is C3H6N4O. The van der Waals surface area contributed by atoms with Gasteiger partial charge in [0.25, 0.3) is 0 Å². The molecule has 0 atom stereocenters. The second-order valence-corrected chi connectivity index (χ2v) is 1.15. The number of aryl methyl sites for hydroxylation is 1. The summed E-state index contributed by atoms with van der Waals surface area (Å²) >= 11 is 0. The van der Waals surface area contributed by atoms with E-state index in [9.17, 15) is 0 Å². The minimum Gasteiger partial charge on any atom is -0.388 e. The van der Waals surface area contributed by atoms with Crippen molar-refractivity contribution in [2.24, 2.45) is 6.98 Å². The Morgan fingerprint density at radius 2 is 2.88 bits per heavy atom. The molecule has 0 amide bonds. The van der Waals surface area contributed by atoms with Gasteiger partial charge in [-0.15, -0.1) is 10.2 Å². The molecule has 0 bridgehead atoms. The summed E-state index contributed by atoms with van der Waals surface area (Å²) in [5.41, 5.74) is 0. The molecule has 0 saturated heterocycles. The minimum absolute atomic E-state index is 0.00104. The van der Waals surface area contributed by atoms with Crippen LogP contribution in [0.2, 0.25) is 0 Å². The average molecular weight is 117 g/mol. The first-order chi connectivity index (χ1) is 5.04. The zero-order chi connectivity index (χ0) is 8.48. The summed E-state index contributed by atoms with van der Waals surface area (Å²) in [7, 11) is 0. The normalized spacial score (nSPS) is 16.9. The molecule has 0 aromatic carbocycles. The number of hydrogen-bond donors (Lipinski definition) is 1. The molecule has 0 unspecified atom stereocenters. The molecule has 0 aliphatic carbocycles. The van der Waals surface area contributed by atoms with Gasteiger partial charge in [0.2, 0.25) is 0 Å². The number of aromatic nitrogens is 4. The molecule has 1 N–H and O–H groups in total. The maximum absolute atomic E-state index is 8.45. The second-order valence-electron chi connectivity index (χ2n) is 1.15. The molecule has 0 radical (unpaired) electrons. The lowest BCUT2D eigenvalue weighted by Gasteiger charge is -1.77. The summed E-state index contributed by atoms with van der Waals surface area (Å²) in [5.74, 6) is 0.00104. The molecule has 0 aliphatic rings. The van der Waals surface area contributed by atoms with Crippen LogP contribution >= 0.6 is 0 Å². The standard InChI is InChI=1S/C3H6N4O/c1-7-5-3(2-8)4-6-7/h8H,2H2,1H3/i1D3. The summed E-state index contributed by atoms with van der Waals surface area (Å²) < 4.78 is 20.4. The summed E-state index contributed by atoms with van der Waals surface area (Å²) in [5, 5.41) is 18.3. The van der Waals surface area contributed by atoms with E-state index in [0.717, 1.165) is 0 Å². The van der Waals surface area contributed by atoms with Crippen molar-refractivity contribution >= 4 is 0 Å². The summed E-state index contributed by atoms with van der Waals surface area (Å²) in [6.45, 7) is -2.82. The molecule has 5 heteroatoms. The largest absolute Gasteiger partial charge is 0.388 e. The number of aliphatic hydroxyl groups is 1. The maximum Gasteiger partial charge on any atom is 0.200 e. The average Bonchev–Trinajstić information content (AvgIpc) is 2.32. The van der Waals surface area contributed by atoms with E-state index < -0.39 is 13.6 Å². The Morgan fingerprint density at radius 1 is 2.00 bits per heavy atom. The molecule has 1 aromatic heterocycles. The van der Waals surface area contributed by atoms with Gasteiger partial charge in [-0.2, -0.15) is 4.80 Å². The molecule has 0 fully saturated rings. The van der Waals surface area contributed by atoms with Gasteiger partial charge in [-0.05, 0) is 5.21 Å². The van der Waals surface area contributed by atoms with Crippen LogP contribution in [0.15, 0.2) is 0 Å². The van der Waals surface area contributed by atoms with E-state index in [1.165, 1.54) is 0 Å². The number of rotatable bonds is 1. The van der Waals surface area contributed by atoms with Crippen LogP contribution in [0.1, 0.15) is 9.94 Å². The molecule has 1 rings (SSSR count). The van der Waals surface area contributed by atoms with Gasteiger partial charge in [0.15, 0.2) is 5.82 Å². The van der Waals surface area contributed by atoms with Crippen LogP contribution in [0.4, 0.5) is 0 Å². The van der Waals surface area contributed by atoms with Gasteiger partial charge in [-0.25, -0.2) is 0 Å². The van der Waals surface area contributed by atoms with Crippen LogP contribution in [0.25, 0.3) is 0 Å². The monoisotopic (exact) mass is 117 g/mol. The Bertz CT molecular complexity index is 243. The highest BCUT2D eigenvalue weighted by molar-refractivity contribution is 4.69. The first-order valence-corrected chi connectivity index (χ1v) is 1.94. The number of aliphatic hydroxyl groups excluding tert-OH is 1. The lowest BCUT2D eigenvalue weighted by Crippen LogP contribution is -1.92. The second kappa shape index (κ2) is 1.87. The molecule has 1 heterocycles. The Hall–Kier alpha value is -0.970. The predicted octanol–water partition coefficient (Wildman–Crippen LogP) is -1.30. The number of nitrogens with zero attached hydrogens (tertiary/aromatic N) is 4. The van der Waals surface area contributed by atoms with Gasteiger partial charge in [0, 0.05) is 4.11 Å². The lowest BCUT2D eigenvalue weighted by molar-refractivity contribution is 0.271. The fourth-order valence-electron chi connectivity index (χ4n) is 0.307. The Morgan fingerprint density at radius 3 is 3.25 bits per heavy atom. The van der Waals surface area contributed by atoms with E-state index in [1.807, 2.05) is 0 Å². The van der Waals surface area contributed by atoms with E-state index in [-0.39, 0.29) is 5.82 Å². The molecule has 0 aliphatic heterocycles. The van der Waals surface area contributed by atoms with E-state index in [0.29, 0.717) is 4.80 Å². The van der Waals surface area contributed by atoms with Gasteiger partial charge < -0.3 is 5.11 Å². The molecule has 0 spiro atoms. The van der Waals surface area contributed by atoms with Crippen molar-refractivity contribution in [2.75, 3.05) is 0 Å². The van der Waals surface area contributed by atoms with Crippen LogP contribution < -0.4 is 0 Å². The third kappa shape index (κ3) is 0.812. The van der Waals surface area contributed by atoms with Crippen LogP contribution in [-0.4, -0.2) is 25.3 Å².